The molecular weight excluding hydrogens is 381 g/mol. The SMILES string of the molecule is C/C(CC(=O)Nc1ccccc1F)=N\NC(=O)Cc1ccc(-c2ccccc2)cc1. The number of hydrogen-bond acceptors (Lipinski definition) is 3. The van der Waals surface area contributed by atoms with E-state index in [2.05, 4.69) is 15.8 Å². The summed E-state index contributed by atoms with van der Waals surface area (Å²) in [5.74, 6) is -1.20. The van der Waals surface area contributed by atoms with Gasteiger partial charge in [0.05, 0.1) is 18.5 Å². The predicted molar refractivity (Wildman–Crippen MR) is 116 cm³/mol. The van der Waals surface area contributed by atoms with Gasteiger partial charge < -0.3 is 5.32 Å². The lowest BCUT2D eigenvalue weighted by atomic mass is 10.0. The summed E-state index contributed by atoms with van der Waals surface area (Å²) in [5.41, 5.74) is 6.03. The Kier molecular flexibility index (Phi) is 7.05. The number of nitrogens with zero attached hydrogens (tertiary/aromatic N) is 1. The number of rotatable bonds is 7. The number of nitrogens with one attached hydrogen (secondary N) is 2. The Bertz CT molecular complexity index is 1050. The summed E-state index contributed by atoms with van der Waals surface area (Å²) < 4.78 is 13.6. The molecule has 3 rings (SSSR count). The number of hydrazone groups is 1. The van der Waals surface area contributed by atoms with E-state index in [0.717, 1.165) is 16.7 Å². The van der Waals surface area contributed by atoms with Crippen molar-refractivity contribution in [2.24, 2.45) is 5.10 Å². The third-order valence-electron chi connectivity index (χ3n) is 4.36. The molecular formula is C24H22FN3O2. The summed E-state index contributed by atoms with van der Waals surface area (Å²) in [7, 11) is 0. The van der Waals surface area contributed by atoms with E-state index in [-0.39, 0.29) is 24.4 Å². The summed E-state index contributed by atoms with van der Waals surface area (Å²) in [6.45, 7) is 1.62. The Hall–Kier alpha value is -3.80. The summed E-state index contributed by atoms with van der Waals surface area (Å²) in [5, 5.41) is 6.43. The lowest BCUT2D eigenvalue weighted by Gasteiger charge is -2.07. The van der Waals surface area contributed by atoms with Crippen LogP contribution >= 0.6 is 0 Å². The molecule has 0 radical (unpaired) electrons. The zero-order chi connectivity index (χ0) is 21.3. The van der Waals surface area contributed by atoms with Crippen LogP contribution in [0, 0.1) is 5.82 Å². The van der Waals surface area contributed by atoms with Gasteiger partial charge in [-0.15, -0.1) is 0 Å². The second-order valence-electron chi connectivity index (χ2n) is 6.83. The molecule has 5 nitrogen and oxygen atoms in total. The molecule has 0 unspecified atom stereocenters. The molecule has 152 valence electrons. The zero-order valence-corrected chi connectivity index (χ0v) is 16.6. The van der Waals surface area contributed by atoms with Gasteiger partial charge in [0.15, 0.2) is 0 Å². The van der Waals surface area contributed by atoms with Crippen LogP contribution in [0.1, 0.15) is 18.9 Å². The van der Waals surface area contributed by atoms with Gasteiger partial charge in [-0.05, 0) is 35.7 Å². The van der Waals surface area contributed by atoms with E-state index < -0.39 is 11.7 Å². The average Bonchev–Trinajstić information content (AvgIpc) is 2.75. The molecule has 0 saturated carbocycles. The Morgan fingerprint density at radius 2 is 1.47 bits per heavy atom. The Morgan fingerprint density at radius 1 is 0.833 bits per heavy atom. The molecule has 0 saturated heterocycles. The zero-order valence-electron chi connectivity index (χ0n) is 16.6. The fraction of sp³-hybridized carbons (Fsp3) is 0.125. The van der Waals surface area contributed by atoms with E-state index in [0.29, 0.717) is 5.71 Å². The smallest absolute Gasteiger partial charge is 0.244 e. The van der Waals surface area contributed by atoms with Gasteiger partial charge in [-0.25, -0.2) is 9.82 Å². The van der Waals surface area contributed by atoms with Crippen molar-refractivity contribution in [3.05, 3.63) is 90.2 Å². The van der Waals surface area contributed by atoms with Crippen LogP contribution in [0.25, 0.3) is 11.1 Å². The highest BCUT2D eigenvalue weighted by Crippen LogP contribution is 2.19. The first-order valence-electron chi connectivity index (χ1n) is 9.52. The van der Waals surface area contributed by atoms with Crippen molar-refractivity contribution in [1.82, 2.24) is 5.43 Å². The molecule has 0 fully saturated rings. The van der Waals surface area contributed by atoms with E-state index >= 15 is 0 Å². The number of benzene rings is 3. The van der Waals surface area contributed by atoms with Gasteiger partial charge in [0.25, 0.3) is 0 Å². The molecule has 0 atom stereocenters. The molecule has 30 heavy (non-hydrogen) atoms. The predicted octanol–water partition coefficient (Wildman–Crippen LogP) is 4.56. The monoisotopic (exact) mass is 403 g/mol. The van der Waals surface area contributed by atoms with Gasteiger partial charge in [0.1, 0.15) is 5.82 Å². The van der Waals surface area contributed by atoms with Gasteiger partial charge in [-0.3, -0.25) is 9.59 Å². The van der Waals surface area contributed by atoms with Crippen LogP contribution < -0.4 is 10.7 Å². The minimum absolute atomic E-state index is 0.0552. The third kappa shape index (κ3) is 6.10. The number of para-hydroxylation sites is 1. The highest BCUT2D eigenvalue weighted by Gasteiger charge is 2.09. The summed E-state index contributed by atoms with van der Waals surface area (Å²) in [6, 6.07) is 23.7. The molecule has 6 heteroatoms. The molecule has 0 spiro atoms. The lowest BCUT2D eigenvalue weighted by molar-refractivity contribution is -0.120. The highest BCUT2D eigenvalue weighted by atomic mass is 19.1. The Balaban J connectivity index is 1.49. The molecule has 3 aromatic carbocycles. The molecule has 0 aliphatic carbocycles. The molecule has 0 aromatic heterocycles. The maximum Gasteiger partial charge on any atom is 0.244 e. The fourth-order valence-corrected chi connectivity index (χ4v) is 2.86. The average molecular weight is 403 g/mol. The summed E-state index contributed by atoms with van der Waals surface area (Å²) in [6.07, 6.45) is 0.119. The largest absolute Gasteiger partial charge is 0.323 e. The quantitative estimate of drug-likeness (QED) is 0.449. The molecule has 3 aromatic rings. The van der Waals surface area contributed by atoms with Crippen molar-refractivity contribution in [2.45, 2.75) is 19.8 Å². The normalized spacial score (nSPS) is 11.1. The van der Waals surface area contributed by atoms with Crippen molar-refractivity contribution in [3.8, 4) is 11.1 Å². The molecule has 0 bridgehead atoms. The van der Waals surface area contributed by atoms with Gasteiger partial charge in [0, 0.05) is 5.71 Å². The van der Waals surface area contributed by atoms with Gasteiger partial charge in [-0.2, -0.15) is 5.10 Å². The van der Waals surface area contributed by atoms with E-state index in [1.54, 1.807) is 19.1 Å². The summed E-state index contributed by atoms with van der Waals surface area (Å²) in [4.78, 5) is 24.1. The van der Waals surface area contributed by atoms with Crippen LogP contribution in [-0.4, -0.2) is 17.5 Å². The van der Waals surface area contributed by atoms with Crippen LogP contribution in [-0.2, 0) is 16.0 Å². The van der Waals surface area contributed by atoms with Crippen molar-refractivity contribution in [3.63, 3.8) is 0 Å². The first-order chi connectivity index (χ1) is 14.5. The molecule has 0 heterocycles. The first-order valence-corrected chi connectivity index (χ1v) is 9.52. The van der Waals surface area contributed by atoms with E-state index in [1.165, 1.54) is 12.1 Å². The van der Waals surface area contributed by atoms with E-state index in [4.69, 9.17) is 0 Å². The van der Waals surface area contributed by atoms with Crippen LogP contribution in [0.15, 0.2) is 84.0 Å². The van der Waals surface area contributed by atoms with Crippen LogP contribution in [0.5, 0.6) is 0 Å². The minimum Gasteiger partial charge on any atom is -0.323 e. The van der Waals surface area contributed by atoms with E-state index in [1.807, 2.05) is 54.6 Å². The highest BCUT2D eigenvalue weighted by molar-refractivity contribution is 6.05. The van der Waals surface area contributed by atoms with Crippen molar-refractivity contribution >= 4 is 23.2 Å². The number of carbonyl (C=O) groups is 2. The molecule has 2 N–H and O–H groups in total. The maximum absolute atomic E-state index is 13.6. The first kappa shape index (κ1) is 20.9. The van der Waals surface area contributed by atoms with Crippen molar-refractivity contribution in [1.29, 1.82) is 0 Å². The number of amides is 2. The lowest BCUT2D eigenvalue weighted by Crippen LogP contribution is -2.23. The number of carbonyl (C=O) groups excluding carboxylic acids is 2. The Labute approximate surface area is 174 Å². The molecule has 2 amide bonds. The van der Waals surface area contributed by atoms with Crippen molar-refractivity contribution in [2.75, 3.05) is 5.32 Å². The van der Waals surface area contributed by atoms with Crippen LogP contribution in [0.3, 0.4) is 0 Å². The molecule has 0 aliphatic heterocycles. The van der Waals surface area contributed by atoms with E-state index in [9.17, 15) is 14.0 Å². The van der Waals surface area contributed by atoms with Gasteiger partial charge in [-0.1, -0.05) is 66.7 Å². The second kappa shape index (κ2) is 10.1. The third-order valence-corrected chi connectivity index (χ3v) is 4.36. The Morgan fingerprint density at radius 3 is 2.17 bits per heavy atom. The van der Waals surface area contributed by atoms with Gasteiger partial charge in [0.2, 0.25) is 11.8 Å². The standard InChI is InChI=1S/C24H22FN3O2/c1-17(15-23(29)26-22-10-6-5-9-21(22)25)27-28-24(30)16-18-11-13-20(14-12-18)19-7-3-2-4-8-19/h2-14H,15-16H2,1H3,(H,26,29)(H,28,30)/b27-17+. The van der Waals surface area contributed by atoms with Gasteiger partial charge >= 0.3 is 0 Å². The maximum atomic E-state index is 13.6. The fourth-order valence-electron chi connectivity index (χ4n) is 2.86. The minimum atomic E-state index is -0.507. The topological polar surface area (TPSA) is 70.6 Å². The molecule has 0 aliphatic rings. The number of anilines is 1. The number of halogens is 1. The van der Waals surface area contributed by atoms with Crippen molar-refractivity contribution < 1.29 is 14.0 Å². The van der Waals surface area contributed by atoms with Crippen LogP contribution in [0.2, 0.25) is 0 Å². The number of hydrogen-bond donors (Lipinski definition) is 2. The summed E-state index contributed by atoms with van der Waals surface area (Å²) >= 11 is 0. The van der Waals surface area contributed by atoms with Crippen LogP contribution in [0.4, 0.5) is 10.1 Å². The second-order valence-corrected chi connectivity index (χ2v) is 6.83.